The second-order valence-electron chi connectivity index (χ2n) is 6.05. The van der Waals surface area contributed by atoms with Gasteiger partial charge >= 0.3 is 0 Å². The van der Waals surface area contributed by atoms with Gasteiger partial charge in [-0.25, -0.2) is 0 Å². The first-order chi connectivity index (χ1) is 13.5. The van der Waals surface area contributed by atoms with Crippen molar-refractivity contribution >= 4 is 34.8 Å². The van der Waals surface area contributed by atoms with Crippen LogP contribution in [0.3, 0.4) is 0 Å². The van der Waals surface area contributed by atoms with Crippen LogP contribution in [0.5, 0.6) is 5.75 Å². The molecule has 0 fully saturated rings. The van der Waals surface area contributed by atoms with E-state index in [1.54, 1.807) is 67.6 Å². The standard InChI is InChI=1S/C22H19ClN2O3/c1-15(28-20-14-8-6-12-18(20)23)21(26)25-19-13-7-5-11-17(19)22(27)24-16-9-3-2-4-10-16/h2-15H,1H3,(H,24,27)(H,25,26). The van der Waals surface area contributed by atoms with E-state index in [0.29, 0.717) is 27.7 Å². The van der Waals surface area contributed by atoms with Gasteiger partial charge in [0.25, 0.3) is 11.8 Å². The minimum atomic E-state index is -0.801. The van der Waals surface area contributed by atoms with Crippen LogP contribution in [0.25, 0.3) is 0 Å². The van der Waals surface area contributed by atoms with Crippen molar-refractivity contribution in [3.63, 3.8) is 0 Å². The number of carbonyl (C=O) groups excluding carboxylic acids is 2. The molecule has 0 bridgehead atoms. The summed E-state index contributed by atoms with van der Waals surface area (Å²) in [6, 6.07) is 22.8. The van der Waals surface area contributed by atoms with E-state index >= 15 is 0 Å². The number of rotatable bonds is 6. The second-order valence-corrected chi connectivity index (χ2v) is 6.45. The predicted molar refractivity (Wildman–Crippen MR) is 111 cm³/mol. The van der Waals surface area contributed by atoms with Crippen LogP contribution in [0.4, 0.5) is 11.4 Å². The van der Waals surface area contributed by atoms with Gasteiger partial charge in [-0.2, -0.15) is 0 Å². The third-order valence-electron chi connectivity index (χ3n) is 3.97. The van der Waals surface area contributed by atoms with E-state index in [9.17, 15) is 9.59 Å². The van der Waals surface area contributed by atoms with E-state index in [2.05, 4.69) is 10.6 Å². The molecule has 0 aromatic heterocycles. The third kappa shape index (κ3) is 4.90. The molecule has 3 aromatic rings. The maximum Gasteiger partial charge on any atom is 0.265 e. The Balaban J connectivity index is 1.71. The van der Waals surface area contributed by atoms with Crippen LogP contribution in [-0.2, 0) is 4.79 Å². The summed E-state index contributed by atoms with van der Waals surface area (Å²) in [5.74, 6) is -0.288. The van der Waals surface area contributed by atoms with E-state index in [4.69, 9.17) is 16.3 Å². The largest absolute Gasteiger partial charge is 0.479 e. The Labute approximate surface area is 168 Å². The third-order valence-corrected chi connectivity index (χ3v) is 4.28. The monoisotopic (exact) mass is 394 g/mol. The zero-order valence-corrected chi connectivity index (χ0v) is 15.9. The molecule has 142 valence electrons. The first kappa shape index (κ1) is 19.5. The zero-order valence-electron chi connectivity index (χ0n) is 15.2. The normalized spacial score (nSPS) is 11.4. The molecule has 0 aliphatic heterocycles. The first-order valence-corrected chi connectivity index (χ1v) is 9.10. The number of amides is 2. The Kier molecular flexibility index (Phi) is 6.29. The number of nitrogens with one attached hydrogen (secondary N) is 2. The summed E-state index contributed by atoms with van der Waals surface area (Å²) in [4.78, 5) is 25.2. The van der Waals surface area contributed by atoms with E-state index in [-0.39, 0.29) is 11.8 Å². The minimum Gasteiger partial charge on any atom is -0.479 e. The van der Waals surface area contributed by atoms with Gasteiger partial charge < -0.3 is 15.4 Å². The lowest BCUT2D eigenvalue weighted by molar-refractivity contribution is -0.122. The molecule has 0 aliphatic rings. The number of carbonyl (C=O) groups is 2. The highest BCUT2D eigenvalue weighted by molar-refractivity contribution is 6.32. The van der Waals surface area contributed by atoms with Crippen LogP contribution in [0.2, 0.25) is 5.02 Å². The van der Waals surface area contributed by atoms with Crippen molar-refractivity contribution in [1.82, 2.24) is 0 Å². The Hall–Kier alpha value is -3.31. The summed E-state index contributed by atoms with van der Waals surface area (Å²) in [7, 11) is 0. The van der Waals surface area contributed by atoms with E-state index in [0.717, 1.165) is 0 Å². The summed E-state index contributed by atoms with van der Waals surface area (Å²) >= 11 is 6.07. The Bertz CT molecular complexity index is 976. The second kappa shape index (κ2) is 9.06. The van der Waals surface area contributed by atoms with Gasteiger partial charge in [0.1, 0.15) is 5.75 Å². The molecule has 0 saturated heterocycles. The summed E-state index contributed by atoms with van der Waals surface area (Å²) < 4.78 is 5.63. The van der Waals surface area contributed by atoms with Crippen molar-refractivity contribution in [2.75, 3.05) is 10.6 Å². The molecule has 2 amide bonds. The molecule has 1 atom stereocenters. The van der Waals surface area contributed by atoms with Crippen LogP contribution in [-0.4, -0.2) is 17.9 Å². The van der Waals surface area contributed by atoms with Crippen LogP contribution >= 0.6 is 11.6 Å². The minimum absolute atomic E-state index is 0.318. The molecule has 2 N–H and O–H groups in total. The lowest BCUT2D eigenvalue weighted by Crippen LogP contribution is -2.31. The van der Waals surface area contributed by atoms with Crippen LogP contribution in [0.15, 0.2) is 78.9 Å². The molecule has 0 radical (unpaired) electrons. The number of anilines is 2. The lowest BCUT2D eigenvalue weighted by Gasteiger charge is -2.17. The van der Waals surface area contributed by atoms with Crippen LogP contribution in [0.1, 0.15) is 17.3 Å². The molecule has 1 unspecified atom stereocenters. The average molecular weight is 395 g/mol. The smallest absolute Gasteiger partial charge is 0.265 e. The van der Waals surface area contributed by atoms with Crippen LogP contribution < -0.4 is 15.4 Å². The van der Waals surface area contributed by atoms with Gasteiger partial charge in [0.05, 0.1) is 16.3 Å². The number of para-hydroxylation sites is 3. The van der Waals surface area contributed by atoms with Gasteiger partial charge in [0.15, 0.2) is 6.10 Å². The lowest BCUT2D eigenvalue weighted by atomic mass is 10.1. The molecule has 28 heavy (non-hydrogen) atoms. The summed E-state index contributed by atoms with van der Waals surface area (Å²) in [5.41, 5.74) is 1.42. The average Bonchev–Trinajstić information content (AvgIpc) is 2.70. The SMILES string of the molecule is CC(Oc1ccccc1Cl)C(=O)Nc1ccccc1C(=O)Nc1ccccc1. The topological polar surface area (TPSA) is 67.4 Å². The van der Waals surface area contributed by atoms with Crippen molar-refractivity contribution < 1.29 is 14.3 Å². The van der Waals surface area contributed by atoms with Crippen LogP contribution in [0, 0.1) is 0 Å². The molecular formula is C22H19ClN2O3. The molecule has 6 heteroatoms. The van der Waals surface area contributed by atoms with E-state index < -0.39 is 6.10 Å². The highest BCUT2D eigenvalue weighted by Crippen LogP contribution is 2.25. The van der Waals surface area contributed by atoms with Gasteiger partial charge in [-0.3, -0.25) is 9.59 Å². The molecule has 0 saturated carbocycles. The molecule has 3 rings (SSSR count). The fourth-order valence-electron chi connectivity index (χ4n) is 2.53. The number of ether oxygens (including phenoxy) is 1. The highest BCUT2D eigenvalue weighted by Gasteiger charge is 2.19. The summed E-state index contributed by atoms with van der Waals surface area (Å²) in [6.45, 7) is 1.62. The fourth-order valence-corrected chi connectivity index (χ4v) is 2.71. The molecule has 0 spiro atoms. The molecule has 0 heterocycles. The van der Waals surface area contributed by atoms with Crippen molar-refractivity contribution in [2.24, 2.45) is 0 Å². The first-order valence-electron chi connectivity index (χ1n) is 8.72. The van der Waals surface area contributed by atoms with E-state index in [1.807, 2.05) is 18.2 Å². The quantitative estimate of drug-likeness (QED) is 0.618. The van der Waals surface area contributed by atoms with Gasteiger partial charge in [-0.05, 0) is 43.3 Å². The fraction of sp³-hybridized carbons (Fsp3) is 0.0909. The summed E-state index contributed by atoms with van der Waals surface area (Å²) in [6.07, 6.45) is -0.801. The highest BCUT2D eigenvalue weighted by atomic mass is 35.5. The van der Waals surface area contributed by atoms with Gasteiger partial charge in [-0.15, -0.1) is 0 Å². The maximum atomic E-state index is 12.6. The molecule has 5 nitrogen and oxygen atoms in total. The Morgan fingerprint density at radius 2 is 1.50 bits per heavy atom. The number of halogens is 1. The van der Waals surface area contributed by atoms with E-state index in [1.165, 1.54) is 0 Å². The maximum absolute atomic E-state index is 12.6. The predicted octanol–water partition coefficient (Wildman–Crippen LogP) is 5.00. The van der Waals surface area contributed by atoms with Crippen molar-refractivity contribution in [1.29, 1.82) is 0 Å². The molecule has 0 aliphatic carbocycles. The Morgan fingerprint density at radius 1 is 0.857 bits per heavy atom. The van der Waals surface area contributed by atoms with Gasteiger partial charge in [-0.1, -0.05) is 54.1 Å². The van der Waals surface area contributed by atoms with Crippen molar-refractivity contribution in [3.8, 4) is 5.75 Å². The Morgan fingerprint density at radius 3 is 2.25 bits per heavy atom. The molecular weight excluding hydrogens is 376 g/mol. The van der Waals surface area contributed by atoms with Gasteiger partial charge in [0, 0.05) is 5.69 Å². The number of benzene rings is 3. The number of hydrogen-bond acceptors (Lipinski definition) is 3. The van der Waals surface area contributed by atoms with Crippen molar-refractivity contribution in [2.45, 2.75) is 13.0 Å². The zero-order chi connectivity index (χ0) is 19.9. The van der Waals surface area contributed by atoms with Gasteiger partial charge in [0.2, 0.25) is 0 Å². The van der Waals surface area contributed by atoms with Crippen molar-refractivity contribution in [3.05, 3.63) is 89.4 Å². The molecule has 3 aromatic carbocycles. The number of hydrogen-bond donors (Lipinski definition) is 2. The summed E-state index contributed by atoms with van der Waals surface area (Å²) in [5, 5.41) is 5.98.